The molecule has 0 bridgehead atoms. The van der Waals surface area contributed by atoms with Gasteiger partial charge >= 0.3 is 12.1 Å². The summed E-state index contributed by atoms with van der Waals surface area (Å²) in [6, 6.07) is 5.45. The van der Waals surface area contributed by atoms with Gasteiger partial charge in [0.05, 0.1) is 12.7 Å². The first kappa shape index (κ1) is 26.5. The zero-order valence-corrected chi connectivity index (χ0v) is 18.8. The lowest BCUT2D eigenvalue weighted by Crippen LogP contribution is -2.38. The van der Waals surface area contributed by atoms with Gasteiger partial charge in [-0.2, -0.15) is 13.2 Å². The molecule has 1 aromatic carbocycles. The molecule has 0 spiro atoms. The highest BCUT2D eigenvalue weighted by atomic mass is 127. The molecule has 2 N–H and O–H groups in total. The number of esters is 1. The van der Waals surface area contributed by atoms with Crippen LogP contribution in [0.15, 0.2) is 29.3 Å². The van der Waals surface area contributed by atoms with Crippen LogP contribution in [0.5, 0.6) is 0 Å². The first-order chi connectivity index (χ1) is 12.8. The van der Waals surface area contributed by atoms with E-state index in [1.165, 1.54) is 19.2 Å². The number of guanidine groups is 1. The van der Waals surface area contributed by atoms with Crippen molar-refractivity contribution in [2.45, 2.75) is 44.7 Å². The number of aliphatic imine (C=N–C) groups is 1. The number of hydrogen-bond donors (Lipinski definition) is 2. The number of carbonyl (C=O) groups is 1. The van der Waals surface area contributed by atoms with Crippen LogP contribution in [0.25, 0.3) is 0 Å². The average molecular weight is 515 g/mol. The van der Waals surface area contributed by atoms with Crippen LogP contribution < -0.4 is 10.6 Å². The summed E-state index contributed by atoms with van der Waals surface area (Å²) in [5.74, 6) is 0.392. The third-order valence-electron chi connectivity index (χ3n) is 4.20. The first-order valence-corrected chi connectivity index (χ1v) is 8.96. The molecule has 0 fully saturated rings. The number of nitrogens with zero attached hydrogens (tertiary/aromatic N) is 1. The van der Waals surface area contributed by atoms with Crippen molar-refractivity contribution in [1.29, 1.82) is 0 Å². The standard InChI is InChI=1S/C19H28F3N3O2.HI/c1-14(15-7-6-8-16(13-15)19(20,21)22)10-12-25-18(23-2)24-11-5-4-9-17(26)27-3;/h6-8,13-14H,4-5,9-12H2,1-3H3,(H2,23,24,25);1H. The van der Waals surface area contributed by atoms with Crippen LogP contribution >= 0.6 is 24.0 Å². The Morgan fingerprint density at radius 3 is 2.50 bits per heavy atom. The Morgan fingerprint density at radius 1 is 1.21 bits per heavy atom. The molecule has 0 heterocycles. The zero-order valence-electron chi connectivity index (χ0n) is 16.4. The minimum Gasteiger partial charge on any atom is -0.469 e. The lowest BCUT2D eigenvalue weighted by molar-refractivity contribution is -0.140. The zero-order chi connectivity index (χ0) is 20.3. The van der Waals surface area contributed by atoms with Crippen molar-refractivity contribution in [3.63, 3.8) is 0 Å². The minimum atomic E-state index is -4.33. The van der Waals surface area contributed by atoms with E-state index < -0.39 is 11.7 Å². The molecule has 0 saturated carbocycles. The number of methoxy groups -OCH3 is 1. The Balaban J connectivity index is 0.00000729. The van der Waals surface area contributed by atoms with Crippen LogP contribution in [0.2, 0.25) is 0 Å². The highest BCUT2D eigenvalue weighted by Crippen LogP contribution is 2.31. The SMILES string of the molecule is CN=C(NCCCCC(=O)OC)NCCC(C)c1cccc(C(F)(F)F)c1.I. The molecule has 0 aliphatic heterocycles. The molecule has 1 rings (SSSR count). The van der Waals surface area contributed by atoms with Gasteiger partial charge in [-0.25, -0.2) is 0 Å². The van der Waals surface area contributed by atoms with E-state index in [4.69, 9.17) is 0 Å². The number of ether oxygens (including phenoxy) is 1. The maximum atomic E-state index is 12.8. The smallest absolute Gasteiger partial charge is 0.416 e. The van der Waals surface area contributed by atoms with E-state index in [1.807, 2.05) is 6.92 Å². The van der Waals surface area contributed by atoms with E-state index in [-0.39, 0.29) is 35.9 Å². The van der Waals surface area contributed by atoms with Crippen molar-refractivity contribution in [2.24, 2.45) is 4.99 Å². The van der Waals surface area contributed by atoms with Gasteiger partial charge < -0.3 is 15.4 Å². The third kappa shape index (κ3) is 10.1. The molecule has 28 heavy (non-hydrogen) atoms. The molecule has 160 valence electrons. The van der Waals surface area contributed by atoms with Gasteiger partial charge in [0.25, 0.3) is 0 Å². The van der Waals surface area contributed by atoms with Crippen LogP contribution in [0.3, 0.4) is 0 Å². The van der Waals surface area contributed by atoms with Crippen molar-refractivity contribution >= 4 is 35.9 Å². The molecule has 0 radical (unpaired) electrons. The predicted octanol–water partition coefficient (Wildman–Crippen LogP) is 4.33. The van der Waals surface area contributed by atoms with Gasteiger partial charge in [0.2, 0.25) is 0 Å². The Morgan fingerprint density at radius 2 is 1.89 bits per heavy atom. The van der Waals surface area contributed by atoms with E-state index in [0.29, 0.717) is 37.5 Å². The average Bonchev–Trinajstić information content (AvgIpc) is 2.65. The summed E-state index contributed by atoms with van der Waals surface area (Å²) in [5.41, 5.74) is 0.0432. The van der Waals surface area contributed by atoms with Crippen LogP contribution in [0, 0.1) is 0 Å². The maximum Gasteiger partial charge on any atom is 0.416 e. The van der Waals surface area contributed by atoms with Gasteiger partial charge in [0.15, 0.2) is 5.96 Å². The summed E-state index contributed by atoms with van der Waals surface area (Å²) in [5, 5.41) is 6.29. The summed E-state index contributed by atoms with van der Waals surface area (Å²) in [6.45, 7) is 3.15. The quantitative estimate of drug-likeness (QED) is 0.169. The molecule has 0 aromatic heterocycles. The molecule has 1 aromatic rings. The molecule has 0 amide bonds. The number of halogens is 4. The minimum absolute atomic E-state index is 0. The second-order valence-corrected chi connectivity index (χ2v) is 6.27. The summed E-state index contributed by atoms with van der Waals surface area (Å²) in [7, 11) is 3.02. The van der Waals surface area contributed by atoms with E-state index in [1.54, 1.807) is 13.1 Å². The molecule has 0 aliphatic rings. The second-order valence-electron chi connectivity index (χ2n) is 6.27. The van der Waals surface area contributed by atoms with Gasteiger partial charge in [-0.1, -0.05) is 25.1 Å². The van der Waals surface area contributed by atoms with E-state index in [9.17, 15) is 18.0 Å². The first-order valence-electron chi connectivity index (χ1n) is 8.96. The summed E-state index contributed by atoms with van der Waals surface area (Å²) in [4.78, 5) is 15.1. The monoisotopic (exact) mass is 515 g/mol. The number of hydrogen-bond acceptors (Lipinski definition) is 3. The predicted molar refractivity (Wildman–Crippen MR) is 115 cm³/mol. The summed E-state index contributed by atoms with van der Waals surface area (Å²) >= 11 is 0. The summed E-state index contributed by atoms with van der Waals surface area (Å²) < 4.78 is 43.0. The van der Waals surface area contributed by atoms with E-state index >= 15 is 0 Å². The normalized spacial score (nSPS) is 12.7. The number of alkyl halides is 3. The van der Waals surface area contributed by atoms with Gasteiger partial charge in [-0.05, 0) is 36.8 Å². The van der Waals surface area contributed by atoms with Crippen molar-refractivity contribution in [1.82, 2.24) is 10.6 Å². The highest BCUT2D eigenvalue weighted by Gasteiger charge is 2.30. The number of nitrogens with one attached hydrogen (secondary N) is 2. The fourth-order valence-electron chi connectivity index (χ4n) is 2.52. The Kier molecular flexibility index (Phi) is 12.9. The lowest BCUT2D eigenvalue weighted by Gasteiger charge is -2.16. The number of carbonyl (C=O) groups excluding carboxylic acids is 1. The van der Waals surface area contributed by atoms with Crippen molar-refractivity contribution in [3.8, 4) is 0 Å². The molecule has 1 unspecified atom stereocenters. The van der Waals surface area contributed by atoms with Crippen molar-refractivity contribution in [3.05, 3.63) is 35.4 Å². The van der Waals surface area contributed by atoms with Gasteiger partial charge in [0, 0.05) is 26.6 Å². The fraction of sp³-hybridized carbons (Fsp3) is 0.579. The maximum absolute atomic E-state index is 12.8. The van der Waals surface area contributed by atoms with Crippen LogP contribution in [0.1, 0.15) is 49.7 Å². The van der Waals surface area contributed by atoms with Gasteiger partial charge in [-0.3, -0.25) is 9.79 Å². The molecule has 0 saturated heterocycles. The Labute approximate surface area is 181 Å². The molecular formula is C19H29F3IN3O2. The van der Waals surface area contributed by atoms with Crippen molar-refractivity contribution < 1.29 is 22.7 Å². The number of unbranched alkanes of at least 4 members (excludes halogenated alkanes) is 1. The highest BCUT2D eigenvalue weighted by molar-refractivity contribution is 14.0. The van der Waals surface area contributed by atoms with Crippen LogP contribution in [0.4, 0.5) is 13.2 Å². The number of rotatable bonds is 9. The molecule has 5 nitrogen and oxygen atoms in total. The molecule has 0 aliphatic carbocycles. The van der Waals surface area contributed by atoms with E-state index in [2.05, 4.69) is 20.4 Å². The largest absolute Gasteiger partial charge is 0.469 e. The second kappa shape index (κ2) is 13.6. The van der Waals surface area contributed by atoms with Gasteiger partial charge in [0.1, 0.15) is 0 Å². The summed E-state index contributed by atoms with van der Waals surface area (Å²) in [6.07, 6.45) is -1.74. The Hall–Kier alpha value is -1.52. The van der Waals surface area contributed by atoms with E-state index in [0.717, 1.165) is 18.9 Å². The van der Waals surface area contributed by atoms with Crippen LogP contribution in [-0.2, 0) is 15.7 Å². The Bertz CT molecular complexity index is 625. The lowest BCUT2D eigenvalue weighted by atomic mass is 9.96. The number of benzene rings is 1. The molecular weight excluding hydrogens is 486 g/mol. The van der Waals surface area contributed by atoms with Gasteiger partial charge in [-0.15, -0.1) is 24.0 Å². The van der Waals surface area contributed by atoms with Crippen molar-refractivity contribution in [2.75, 3.05) is 27.2 Å². The topological polar surface area (TPSA) is 62.7 Å². The molecule has 1 atom stereocenters. The third-order valence-corrected chi connectivity index (χ3v) is 4.20. The molecule has 9 heteroatoms. The fourth-order valence-corrected chi connectivity index (χ4v) is 2.52. The van der Waals surface area contributed by atoms with Crippen LogP contribution in [-0.4, -0.2) is 39.2 Å².